The number of aromatic amines is 1. The molecule has 1 aromatic carbocycles. The smallest absolute Gasteiger partial charge is 0.325 e. The Balaban J connectivity index is 1.53. The fraction of sp³-hybridized carbons (Fsp3) is 0.235. The molecule has 0 saturated carbocycles. The number of hydrogen-bond acceptors (Lipinski definition) is 4. The highest BCUT2D eigenvalue weighted by molar-refractivity contribution is 6.04. The minimum absolute atomic E-state index is 0.0931. The van der Waals surface area contributed by atoms with Gasteiger partial charge in [0.1, 0.15) is 6.04 Å². The van der Waals surface area contributed by atoms with Gasteiger partial charge in [0, 0.05) is 29.6 Å². The Kier molecular flexibility index (Phi) is 3.34. The zero-order chi connectivity index (χ0) is 16.7. The molecule has 7 heteroatoms. The van der Waals surface area contributed by atoms with Gasteiger partial charge in [-0.05, 0) is 18.6 Å². The molecule has 4 rings (SSSR count). The molecule has 3 heterocycles. The highest BCUT2D eigenvalue weighted by Crippen LogP contribution is 2.22. The lowest BCUT2D eigenvalue weighted by Crippen LogP contribution is -2.32. The van der Waals surface area contributed by atoms with Crippen LogP contribution in [0.25, 0.3) is 10.9 Å². The topological polar surface area (TPSA) is 91.2 Å². The van der Waals surface area contributed by atoms with E-state index in [1.165, 1.54) is 4.90 Å². The molecule has 1 aliphatic heterocycles. The predicted molar refractivity (Wildman–Crippen MR) is 86.1 cm³/mol. The zero-order valence-corrected chi connectivity index (χ0v) is 13.1. The second-order valence-corrected chi connectivity index (χ2v) is 5.92. The van der Waals surface area contributed by atoms with E-state index in [0.717, 1.165) is 16.5 Å². The lowest BCUT2D eigenvalue weighted by Gasteiger charge is -2.10. The molecule has 2 N–H and O–H groups in total. The zero-order valence-electron chi connectivity index (χ0n) is 13.1. The number of nitrogens with zero attached hydrogens (tertiary/aromatic N) is 2. The maximum Gasteiger partial charge on any atom is 0.325 e. The van der Waals surface area contributed by atoms with Crippen LogP contribution >= 0.6 is 0 Å². The first-order valence-electron chi connectivity index (χ1n) is 7.71. The number of carbonyl (C=O) groups excluding carboxylic acids is 2. The van der Waals surface area contributed by atoms with Crippen LogP contribution in [0.1, 0.15) is 17.0 Å². The van der Waals surface area contributed by atoms with Gasteiger partial charge in [-0.3, -0.25) is 9.69 Å². The highest BCUT2D eigenvalue weighted by atomic mass is 16.5. The Hall–Kier alpha value is -3.09. The second kappa shape index (κ2) is 5.52. The number of H-pyrrole nitrogens is 1. The van der Waals surface area contributed by atoms with Crippen LogP contribution in [-0.4, -0.2) is 33.0 Å². The van der Waals surface area contributed by atoms with Crippen molar-refractivity contribution in [1.29, 1.82) is 0 Å². The average Bonchev–Trinajstić information content (AvgIpc) is 3.24. The van der Waals surface area contributed by atoms with Crippen molar-refractivity contribution < 1.29 is 14.1 Å². The molecule has 3 aromatic rings. The normalized spacial score (nSPS) is 17.7. The predicted octanol–water partition coefficient (Wildman–Crippen LogP) is 2.13. The molecular formula is C17H16N4O3. The minimum atomic E-state index is -0.569. The van der Waals surface area contributed by atoms with Gasteiger partial charge in [0.05, 0.1) is 12.2 Å². The standard InChI is InChI=1S/C17H16N4O3/c1-10-6-12(24-20-10)9-21-16(22)15(19-17(21)23)7-11-8-18-14-5-3-2-4-13(11)14/h2-6,8,15,18H,7,9H2,1H3,(H,19,23). The number of amides is 3. The van der Waals surface area contributed by atoms with Gasteiger partial charge in [-0.1, -0.05) is 23.4 Å². The van der Waals surface area contributed by atoms with Gasteiger partial charge >= 0.3 is 6.03 Å². The van der Waals surface area contributed by atoms with E-state index in [0.29, 0.717) is 17.9 Å². The van der Waals surface area contributed by atoms with Gasteiger partial charge in [0.15, 0.2) is 5.76 Å². The Morgan fingerprint density at radius 3 is 2.92 bits per heavy atom. The summed E-state index contributed by atoms with van der Waals surface area (Å²) in [7, 11) is 0. The summed E-state index contributed by atoms with van der Waals surface area (Å²) in [5.74, 6) is 0.239. The van der Waals surface area contributed by atoms with Crippen molar-refractivity contribution in [2.24, 2.45) is 0 Å². The molecule has 0 bridgehead atoms. The van der Waals surface area contributed by atoms with Crippen molar-refractivity contribution >= 4 is 22.8 Å². The Labute approximate surface area is 137 Å². The molecular weight excluding hydrogens is 308 g/mol. The Bertz CT molecular complexity index is 927. The van der Waals surface area contributed by atoms with Gasteiger partial charge < -0.3 is 14.8 Å². The van der Waals surface area contributed by atoms with Crippen LogP contribution in [0.5, 0.6) is 0 Å². The molecule has 24 heavy (non-hydrogen) atoms. The van der Waals surface area contributed by atoms with Crippen LogP contribution < -0.4 is 5.32 Å². The molecule has 0 spiro atoms. The number of urea groups is 1. The Morgan fingerprint density at radius 2 is 2.12 bits per heavy atom. The number of aromatic nitrogens is 2. The number of fused-ring (bicyclic) bond motifs is 1. The summed E-state index contributed by atoms with van der Waals surface area (Å²) < 4.78 is 5.09. The molecule has 1 fully saturated rings. The number of benzene rings is 1. The third-order valence-electron chi connectivity index (χ3n) is 4.20. The highest BCUT2D eigenvalue weighted by Gasteiger charge is 2.38. The molecule has 122 valence electrons. The van der Waals surface area contributed by atoms with Crippen molar-refractivity contribution in [3.63, 3.8) is 0 Å². The third-order valence-corrected chi connectivity index (χ3v) is 4.20. The molecule has 1 aliphatic rings. The third kappa shape index (κ3) is 2.44. The Morgan fingerprint density at radius 1 is 1.29 bits per heavy atom. The van der Waals surface area contributed by atoms with E-state index in [4.69, 9.17) is 4.52 Å². The molecule has 1 saturated heterocycles. The van der Waals surface area contributed by atoms with Gasteiger partial charge in [0.25, 0.3) is 5.91 Å². The van der Waals surface area contributed by atoms with E-state index in [1.54, 1.807) is 13.0 Å². The van der Waals surface area contributed by atoms with Gasteiger partial charge in [0.2, 0.25) is 0 Å². The van der Waals surface area contributed by atoms with Crippen molar-refractivity contribution in [2.75, 3.05) is 0 Å². The lowest BCUT2D eigenvalue weighted by molar-refractivity contribution is -0.128. The monoisotopic (exact) mass is 324 g/mol. The largest absolute Gasteiger partial charge is 0.361 e. The number of rotatable bonds is 4. The molecule has 7 nitrogen and oxygen atoms in total. The quantitative estimate of drug-likeness (QED) is 0.719. The maximum atomic E-state index is 12.6. The van der Waals surface area contributed by atoms with Crippen LogP contribution in [0.3, 0.4) is 0 Å². The maximum absolute atomic E-state index is 12.6. The molecule has 1 unspecified atom stereocenters. The SMILES string of the molecule is Cc1cc(CN2C(=O)NC(Cc3c[nH]c4ccccc34)C2=O)on1. The number of nitrogens with one attached hydrogen (secondary N) is 2. The number of hydrogen-bond donors (Lipinski definition) is 2. The van der Waals surface area contributed by atoms with Gasteiger partial charge in [-0.15, -0.1) is 0 Å². The summed E-state index contributed by atoms with van der Waals surface area (Å²) in [5.41, 5.74) is 2.73. The van der Waals surface area contributed by atoms with Crippen LogP contribution in [0.15, 0.2) is 41.1 Å². The fourth-order valence-corrected chi connectivity index (χ4v) is 3.03. The molecule has 2 aromatic heterocycles. The fourth-order valence-electron chi connectivity index (χ4n) is 3.03. The van der Waals surface area contributed by atoms with E-state index >= 15 is 0 Å². The van der Waals surface area contributed by atoms with E-state index in [1.807, 2.05) is 30.5 Å². The van der Waals surface area contributed by atoms with E-state index in [-0.39, 0.29) is 12.5 Å². The van der Waals surface area contributed by atoms with Crippen LogP contribution in [0.4, 0.5) is 4.79 Å². The van der Waals surface area contributed by atoms with E-state index in [9.17, 15) is 9.59 Å². The van der Waals surface area contributed by atoms with Crippen LogP contribution in [0, 0.1) is 6.92 Å². The van der Waals surface area contributed by atoms with E-state index < -0.39 is 12.1 Å². The van der Waals surface area contributed by atoms with E-state index in [2.05, 4.69) is 15.5 Å². The van der Waals surface area contributed by atoms with Crippen molar-refractivity contribution in [3.05, 3.63) is 53.5 Å². The van der Waals surface area contributed by atoms with Crippen molar-refractivity contribution in [3.8, 4) is 0 Å². The first kappa shape index (κ1) is 14.5. The summed E-state index contributed by atoms with van der Waals surface area (Å²) in [4.78, 5) is 29.0. The van der Waals surface area contributed by atoms with Crippen LogP contribution in [-0.2, 0) is 17.8 Å². The number of carbonyl (C=O) groups is 2. The number of para-hydroxylation sites is 1. The van der Waals surface area contributed by atoms with Gasteiger partial charge in [-0.2, -0.15) is 0 Å². The molecule has 3 amide bonds. The molecule has 0 aliphatic carbocycles. The summed E-state index contributed by atoms with van der Waals surface area (Å²) >= 11 is 0. The lowest BCUT2D eigenvalue weighted by atomic mass is 10.1. The molecule has 0 radical (unpaired) electrons. The minimum Gasteiger partial charge on any atom is -0.361 e. The first-order valence-corrected chi connectivity index (χ1v) is 7.71. The summed E-state index contributed by atoms with van der Waals surface area (Å²) in [6, 6.07) is 8.62. The molecule has 1 atom stereocenters. The number of imide groups is 1. The first-order chi connectivity index (χ1) is 11.6. The van der Waals surface area contributed by atoms with Crippen molar-refractivity contribution in [2.45, 2.75) is 25.9 Å². The number of aryl methyl sites for hydroxylation is 1. The van der Waals surface area contributed by atoms with Crippen molar-refractivity contribution in [1.82, 2.24) is 20.4 Å². The summed E-state index contributed by atoms with van der Waals surface area (Å²) in [6.07, 6.45) is 2.33. The summed E-state index contributed by atoms with van der Waals surface area (Å²) in [6.45, 7) is 1.88. The summed E-state index contributed by atoms with van der Waals surface area (Å²) in [5, 5.41) is 7.58. The second-order valence-electron chi connectivity index (χ2n) is 5.92. The average molecular weight is 324 g/mol. The van der Waals surface area contributed by atoms with Gasteiger partial charge in [-0.25, -0.2) is 4.79 Å². The van der Waals surface area contributed by atoms with Crippen LogP contribution in [0.2, 0.25) is 0 Å².